The molecule has 0 amide bonds. The van der Waals surface area contributed by atoms with E-state index in [4.69, 9.17) is 4.74 Å². The van der Waals surface area contributed by atoms with Gasteiger partial charge in [0.2, 0.25) is 0 Å². The molecule has 0 bridgehead atoms. The Hall–Kier alpha value is -1.96. The van der Waals surface area contributed by atoms with Crippen molar-refractivity contribution in [1.29, 1.82) is 0 Å². The molecule has 0 aliphatic carbocycles. The Bertz CT molecular complexity index is 585. The van der Waals surface area contributed by atoms with E-state index < -0.39 is 0 Å². The van der Waals surface area contributed by atoms with Gasteiger partial charge >= 0.3 is 0 Å². The van der Waals surface area contributed by atoms with Gasteiger partial charge in [0.1, 0.15) is 11.9 Å². The van der Waals surface area contributed by atoms with Crippen LogP contribution in [0.25, 0.3) is 0 Å². The molecule has 2 heteroatoms. The number of hydrogen-bond donors (Lipinski definition) is 1. The molecule has 0 radical (unpaired) electrons. The van der Waals surface area contributed by atoms with Crippen LogP contribution >= 0.6 is 0 Å². The fourth-order valence-corrected chi connectivity index (χ4v) is 2.69. The summed E-state index contributed by atoms with van der Waals surface area (Å²) in [6.07, 6.45) is 1.22. The second-order valence-corrected chi connectivity index (χ2v) is 6.76. The van der Waals surface area contributed by atoms with Gasteiger partial charge in [-0.1, -0.05) is 51.1 Å². The summed E-state index contributed by atoms with van der Waals surface area (Å²) >= 11 is 0. The maximum absolute atomic E-state index is 5.94. The Morgan fingerprint density at radius 3 is 2.43 bits per heavy atom. The minimum absolute atomic E-state index is 0.203. The molecule has 1 aliphatic heterocycles. The molecule has 21 heavy (non-hydrogen) atoms. The number of hydrogen-bond acceptors (Lipinski definition) is 2. The van der Waals surface area contributed by atoms with Gasteiger partial charge in [-0.05, 0) is 34.7 Å². The van der Waals surface area contributed by atoms with Crippen molar-refractivity contribution in [1.82, 2.24) is 0 Å². The topological polar surface area (TPSA) is 21.3 Å². The molecule has 2 aromatic rings. The minimum atomic E-state index is 0.203. The molecule has 0 fully saturated rings. The zero-order chi connectivity index (χ0) is 14.9. The molecule has 1 heterocycles. The molecule has 0 spiro atoms. The highest BCUT2D eigenvalue weighted by atomic mass is 16.5. The van der Waals surface area contributed by atoms with Crippen LogP contribution in [0.3, 0.4) is 0 Å². The number of anilines is 1. The van der Waals surface area contributed by atoms with E-state index in [2.05, 4.69) is 62.5 Å². The molecular weight excluding hydrogens is 258 g/mol. The average molecular weight is 281 g/mol. The molecular formula is C19H23NO. The first kappa shape index (κ1) is 14.0. The van der Waals surface area contributed by atoms with Gasteiger partial charge in [-0.25, -0.2) is 0 Å². The van der Waals surface area contributed by atoms with Crippen LogP contribution in [0.15, 0.2) is 48.5 Å². The van der Waals surface area contributed by atoms with Gasteiger partial charge in [-0.3, -0.25) is 0 Å². The van der Waals surface area contributed by atoms with Crippen molar-refractivity contribution < 1.29 is 4.74 Å². The smallest absolute Gasteiger partial charge is 0.123 e. The molecule has 3 rings (SSSR count). The lowest BCUT2D eigenvalue weighted by molar-refractivity contribution is 0.246. The van der Waals surface area contributed by atoms with Crippen molar-refractivity contribution >= 4 is 5.69 Å². The quantitative estimate of drug-likeness (QED) is 0.900. The number of nitrogens with one attached hydrogen (secondary N) is 1. The Kier molecular flexibility index (Phi) is 3.62. The van der Waals surface area contributed by atoms with Crippen LogP contribution in [0.1, 0.15) is 31.9 Å². The van der Waals surface area contributed by atoms with Gasteiger partial charge < -0.3 is 10.1 Å². The zero-order valence-corrected chi connectivity index (χ0v) is 13.0. The third-order valence-corrected chi connectivity index (χ3v) is 4.00. The Morgan fingerprint density at radius 1 is 1.05 bits per heavy atom. The predicted octanol–water partition coefficient (Wildman–Crippen LogP) is 4.40. The number of benzene rings is 2. The van der Waals surface area contributed by atoms with Crippen molar-refractivity contribution in [2.24, 2.45) is 0 Å². The highest BCUT2D eigenvalue weighted by molar-refractivity contribution is 5.46. The maximum Gasteiger partial charge on any atom is 0.123 e. The van der Waals surface area contributed by atoms with E-state index in [1.54, 1.807) is 0 Å². The van der Waals surface area contributed by atoms with E-state index in [1.807, 2.05) is 12.1 Å². The number of para-hydroxylation sites is 1. The van der Waals surface area contributed by atoms with Crippen LogP contribution in [0.2, 0.25) is 0 Å². The monoisotopic (exact) mass is 281 g/mol. The van der Waals surface area contributed by atoms with Crippen LogP contribution in [-0.4, -0.2) is 12.6 Å². The zero-order valence-electron chi connectivity index (χ0n) is 13.0. The van der Waals surface area contributed by atoms with Crippen LogP contribution in [0, 0.1) is 0 Å². The first-order valence-electron chi connectivity index (χ1n) is 7.61. The van der Waals surface area contributed by atoms with Gasteiger partial charge in [0, 0.05) is 12.1 Å². The fraction of sp³-hybridized carbons (Fsp3) is 0.368. The van der Waals surface area contributed by atoms with Gasteiger partial charge in [0.05, 0.1) is 6.54 Å². The lowest BCUT2D eigenvalue weighted by atomic mass is 9.87. The summed E-state index contributed by atoms with van der Waals surface area (Å²) in [5, 5.41) is 3.48. The summed E-state index contributed by atoms with van der Waals surface area (Å²) in [5.74, 6) is 1.03. The largest absolute Gasteiger partial charge is 0.488 e. The average Bonchev–Trinajstić information content (AvgIpc) is 2.87. The maximum atomic E-state index is 5.94. The Labute approximate surface area is 127 Å². The van der Waals surface area contributed by atoms with E-state index in [0.717, 1.165) is 24.4 Å². The highest BCUT2D eigenvalue weighted by Crippen LogP contribution is 2.28. The molecule has 0 aromatic heterocycles. The van der Waals surface area contributed by atoms with E-state index in [1.165, 1.54) is 11.1 Å². The molecule has 1 aliphatic rings. The number of ether oxygens (including phenoxy) is 1. The van der Waals surface area contributed by atoms with Crippen LogP contribution in [0.4, 0.5) is 5.69 Å². The third-order valence-electron chi connectivity index (χ3n) is 4.00. The molecule has 0 saturated carbocycles. The molecule has 110 valence electrons. The van der Waals surface area contributed by atoms with Gasteiger partial charge in [-0.2, -0.15) is 0 Å². The number of rotatable bonds is 3. The second-order valence-electron chi connectivity index (χ2n) is 6.76. The molecule has 1 N–H and O–H groups in total. The van der Waals surface area contributed by atoms with Crippen molar-refractivity contribution in [2.45, 2.75) is 38.7 Å². The SMILES string of the molecule is CC(C)(C)c1ccc(NCC2Cc3ccccc3O2)cc1. The second kappa shape index (κ2) is 5.44. The standard InChI is InChI=1S/C19H23NO/c1-19(2,3)15-8-10-16(11-9-15)20-13-17-12-14-6-4-5-7-18(14)21-17/h4-11,17,20H,12-13H2,1-3H3. The summed E-state index contributed by atoms with van der Waals surface area (Å²) in [7, 11) is 0. The summed E-state index contributed by atoms with van der Waals surface area (Å²) in [6.45, 7) is 7.54. The Balaban J connectivity index is 1.57. The van der Waals surface area contributed by atoms with Crippen molar-refractivity contribution in [2.75, 3.05) is 11.9 Å². The number of fused-ring (bicyclic) bond motifs is 1. The third kappa shape index (κ3) is 3.21. The minimum Gasteiger partial charge on any atom is -0.488 e. The van der Waals surface area contributed by atoms with Gasteiger partial charge in [-0.15, -0.1) is 0 Å². The van der Waals surface area contributed by atoms with Gasteiger partial charge in [0.15, 0.2) is 0 Å². The van der Waals surface area contributed by atoms with Crippen LogP contribution in [-0.2, 0) is 11.8 Å². The normalized spacial score (nSPS) is 17.2. The highest BCUT2D eigenvalue weighted by Gasteiger charge is 2.21. The van der Waals surface area contributed by atoms with E-state index >= 15 is 0 Å². The van der Waals surface area contributed by atoms with Crippen molar-refractivity contribution in [3.63, 3.8) is 0 Å². The Morgan fingerprint density at radius 2 is 1.76 bits per heavy atom. The van der Waals surface area contributed by atoms with Crippen LogP contribution < -0.4 is 10.1 Å². The van der Waals surface area contributed by atoms with Crippen LogP contribution in [0.5, 0.6) is 5.75 Å². The van der Waals surface area contributed by atoms with E-state index in [-0.39, 0.29) is 11.5 Å². The van der Waals surface area contributed by atoms with E-state index in [0.29, 0.717) is 0 Å². The molecule has 1 unspecified atom stereocenters. The summed E-state index contributed by atoms with van der Waals surface area (Å²) in [5.41, 5.74) is 4.03. The molecule has 0 saturated heterocycles. The molecule has 2 nitrogen and oxygen atoms in total. The predicted molar refractivity (Wildman–Crippen MR) is 88.2 cm³/mol. The first-order chi connectivity index (χ1) is 10.0. The summed E-state index contributed by atoms with van der Waals surface area (Å²) < 4.78 is 5.94. The van der Waals surface area contributed by atoms with Crippen molar-refractivity contribution in [3.8, 4) is 5.75 Å². The van der Waals surface area contributed by atoms with Crippen molar-refractivity contribution in [3.05, 3.63) is 59.7 Å². The van der Waals surface area contributed by atoms with Gasteiger partial charge in [0.25, 0.3) is 0 Å². The lowest BCUT2D eigenvalue weighted by Crippen LogP contribution is -2.24. The lowest BCUT2D eigenvalue weighted by Gasteiger charge is -2.19. The molecule has 1 atom stereocenters. The summed E-state index contributed by atoms with van der Waals surface area (Å²) in [4.78, 5) is 0. The molecule has 2 aromatic carbocycles. The first-order valence-corrected chi connectivity index (χ1v) is 7.61. The fourth-order valence-electron chi connectivity index (χ4n) is 2.69. The summed E-state index contributed by atoms with van der Waals surface area (Å²) in [6, 6.07) is 17.0. The van der Waals surface area contributed by atoms with E-state index in [9.17, 15) is 0 Å².